The van der Waals surface area contributed by atoms with Gasteiger partial charge in [-0.2, -0.15) is 0 Å². The lowest BCUT2D eigenvalue weighted by Gasteiger charge is -2.19. The molecule has 362 valence electrons. The van der Waals surface area contributed by atoms with Crippen molar-refractivity contribution in [2.45, 2.75) is 348 Å². The van der Waals surface area contributed by atoms with E-state index in [0.29, 0.717) is 0 Å². The van der Waals surface area contributed by atoms with Crippen LogP contribution in [-0.2, 0) is 0 Å². The molecular weight excluding hydrogens is 725 g/mol. The molecule has 0 amide bonds. The van der Waals surface area contributed by atoms with Crippen LogP contribution < -0.4 is 10.6 Å². The first-order chi connectivity index (χ1) is 29.8. The van der Waals surface area contributed by atoms with Crippen molar-refractivity contribution in [2.75, 3.05) is 19.6 Å². The molecule has 60 heavy (non-hydrogen) atoms. The molecule has 0 rings (SSSR count). The van der Waals surface area contributed by atoms with E-state index in [-0.39, 0.29) is 0 Å². The lowest BCUT2D eigenvalue weighted by Crippen LogP contribution is -2.30. The van der Waals surface area contributed by atoms with Gasteiger partial charge >= 0.3 is 0 Å². The highest BCUT2D eigenvalue weighted by Gasteiger charge is 2.10. The van der Waals surface area contributed by atoms with Gasteiger partial charge in [0, 0.05) is 6.04 Å². The van der Waals surface area contributed by atoms with Crippen LogP contribution >= 0.6 is 0 Å². The first-order valence-electron chi connectivity index (χ1n) is 29.2. The van der Waals surface area contributed by atoms with Crippen molar-refractivity contribution in [1.29, 1.82) is 0 Å². The second-order valence-electron chi connectivity index (χ2n) is 20.4. The van der Waals surface area contributed by atoms with E-state index in [1.807, 2.05) is 0 Å². The number of rotatable bonds is 55. The molecule has 0 unspecified atom stereocenters. The molecule has 0 spiro atoms. The Morgan fingerprint density at radius 3 is 0.783 bits per heavy atom. The third-order valence-corrected chi connectivity index (χ3v) is 14.2. The van der Waals surface area contributed by atoms with Crippen molar-refractivity contribution < 1.29 is 0 Å². The summed E-state index contributed by atoms with van der Waals surface area (Å²) >= 11 is 0. The Morgan fingerprint density at radius 2 is 0.450 bits per heavy atom. The Labute approximate surface area is 383 Å². The third-order valence-electron chi connectivity index (χ3n) is 14.2. The Kier molecular flexibility index (Phi) is 55.0. The molecule has 0 aromatic rings. The first-order valence-corrected chi connectivity index (χ1v) is 29.2. The van der Waals surface area contributed by atoms with E-state index in [1.54, 1.807) is 0 Å². The van der Waals surface area contributed by atoms with Gasteiger partial charge in [-0.25, -0.2) is 0 Å². The average Bonchev–Trinajstić information content (AvgIpc) is 3.26. The van der Waals surface area contributed by atoms with E-state index in [2.05, 4.69) is 38.3 Å². The summed E-state index contributed by atoms with van der Waals surface area (Å²) in [6.45, 7) is 13.0. The number of unbranched alkanes of at least 4 members (excludes halogenated alkanes) is 38. The van der Waals surface area contributed by atoms with Gasteiger partial charge in [-0.1, -0.05) is 304 Å². The molecule has 0 aromatic carbocycles. The standard InChI is InChI=1S/C58H120N2/c1-5-9-13-17-21-25-27-31-35-39-44-52-58(53-45-40-36-32-28-26-22-18-14-10-6-2)60-56-47-41-46-54-59-55-48-51-57(49-42-37-33-29-23-19-15-11-7-3)50-43-38-34-30-24-20-16-12-8-4/h57-60H,5-56H2,1-4H3. The Balaban J connectivity index is 4.29. The van der Waals surface area contributed by atoms with Gasteiger partial charge in [0.1, 0.15) is 0 Å². The summed E-state index contributed by atoms with van der Waals surface area (Å²) in [7, 11) is 0. The molecular formula is C58H120N2. The van der Waals surface area contributed by atoms with Crippen LogP contribution in [0.2, 0.25) is 0 Å². The monoisotopic (exact) mass is 845 g/mol. The molecule has 0 aliphatic heterocycles. The fraction of sp³-hybridized carbons (Fsp3) is 1.00. The highest BCUT2D eigenvalue weighted by Crippen LogP contribution is 2.24. The maximum absolute atomic E-state index is 4.07. The van der Waals surface area contributed by atoms with Crippen LogP contribution in [0, 0.1) is 5.92 Å². The third kappa shape index (κ3) is 50.6. The van der Waals surface area contributed by atoms with Crippen molar-refractivity contribution in [3.63, 3.8) is 0 Å². The van der Waals surface area contributed by atoms with Crippen LogP contribution in [0.4, 0.5) is 0 Å². The second kappa shape index (κ2) is 55.1. The zero-order chi connectivity index (χ0) is 43.3. The Bertz CT molecular complexity index is 673. The lowest BCUT2D eigenvalue weighted by atomic mass is 9.90. The average molecular weight is 846 g/mol. The van der Waals surface area contributed by atoms with E-state index in [1.165, 1.54) is 334 Å². The van der Waals surface area contributed by atoms with Crippen molar-refractivity contribution >= 4 is 0 Å². The molecule has 2 N–H and O–H groups in total. The van der Waals surface area contributed by atoms with Crippen LogP contribution in [0.25, 0.3) is 0 Å². The largest absolute Gasteiger partial charge is 0.317 e. The summed E-state index contributed by atoms with van der Waals surface area (Å²) in [5, 5.41) is 7.93. The summed E-state index contributed by atoms with van der Waals surface area (Å²) in [6.07, 6.45) is 71.0. The van der Waals surface area contributed by atoms with E-state index in [9.17, 15) is 0 Å². The molecule has 0 fully saturated rings. The van der Waals surface area contributed by atoms with Crippen LogP contribution in [0.15, 0.2) is 0 Å². The fourth-order valence-corrected chi connectivity index (χ4v) is 9.88. The molecule has 0 saturated carbocycles. The molecule has 0 bridgehead atoms. The summed E-state index contributed by atoms with van der Waals surface area (Å²) in [5.41, 5.74) is 0. The minimum absolute atomic E-state index is 0.763. The molecule has 2 nitrogen and oxygen atoms in total. The van der Waals surface area contributed by atoms with Gasteiger partial charge in [0.15, 0.2) is 0 Å². The maximum Gasteiger partial charge on any atom is 0.00670 e. The number of nitrogens with one attached hydrogen (secondary N) is 2. The normalized spacial score (nSPS) is 11.9. The lowest BCUT2D eigenvalue weighted by molar-refractivity contribution is 0.368. The van der Waals surface area contributed by atoms with Crippen LogP contribution in [0.3, 0.4) is 0 Å². The molecule has 0 aromatic heterocycles. The van der Waals surface area contributed by atoms with Crippen molar-refractivity contribution in [1.82, 2.24) is 10.6 Å². The van der Waals surface area contributed by atoms with Gasteiger partial charge in [-0.3, -0.25) is 0 Å². The van der Waals surface area contributed by atoms with Crippen LogP contribution in [0.5, 0.6) is 0 Å². The highest BCUT2D eigenvalue weighted by molar-refractivity contribution is 4.69. The summed E-state index contributed by atoms with van der Waals surface area (Å²) in [4.78, 5) is 0. The SMILES string of the molecule is CCCCCCCCCCCCCC(CCCCCCCCCCCCC)NCCCCCNCCCC(CCCCCCCCCCC)CCCCCCCCCCC. The highest BCUT2D eigenvalue weighted by atomic mass is 14.9. The van der Waals surface area contributed by atoms with Gasteiger partial charge in [-0.05, 0) is 64.1 Å². The number of hydrogen-bond donors (Lipinski definition) is 2. The fourth-order valence-electron chi connectivity index (χ4n) is 9.88. The molecule has 0 heterocycles. The van der Waals surface area contributed by atoms with Gasteiger partial charge in [0.2, 0.25) is 0 Å². The zero-order valence-corrected chi connectivity index (χ0v) is 42.9. The van der Waals surface area contributed by atoms with E-state index >= 15 is 0 Å². The number of hydrogen-bond acceptors (Lipinski definition) is 2. The molecule has 0 atom stereocenters. The summed E-state index contributed by atoms with van der Waals surface area (Å²) in [5.74, 6) is 0.982. The summed E-state index contributed by atoms with van der Waals surface area (Å²) < 4.78 is 0. The van der Waals surface area contributed by atoms with E-state index in [4.69, 9.17) is 0 Å². The minimum atomic E-state index is 0.763. The van der Waals surface area contributed by atoms with Crippen molar-refractivity contribution in [2.24, 2.45) is 5.92 Å². The Morgan fingerprint density at radius 1 is 0.217 bits per heavy atom. The second-order valence-corrected chi connectivity index (χ2v) is 20.4. The predicted molar refractivity (Wildman–Crippen MR) is 277 cm³/mol. The first kappa shape index (κ1) is 59.9. The van der Waals surface area contributed by atoms with E-state index in [0.717, 1.165) is 12.0 Å². The van der Waals surface area contributed by atoms with Gasteiger partial charge in [0.25, 0.3) is 0 Å². The van der Waals surface area contributed by atoms with Crippen LogP contribution in [0.1, 0.15) is 342 Å². The van der Waals surface area contributed by atoms with Crippen molar-refractivity contribution in [3.05, 3.63) is 0 Å². The predicted octanol–water partition coefficient (Wildman–Crippen LogP) is 20.3. The molecule has 0 aliphatic carbocycles. The van der Waals surface area contributed by atoms with Gasteiger partial charge < -0.3 is 10.6 Å². The molecule has 0 aliphatic rings. The molecule has 0 saturated heterocycles. The smallest absolute Gasteiger partial charge is 0.00670 e. The van der Waals surface area contributed by atoms with Gasteiger partial charge in [-0.15, -0.1) is 0 Å². The minimum Gasteiger partial charge on any atom is -0.317 e. The van der Waals surface area contributed by atoms with Crippen LogP contribution in [-0.4, -0.2) is 25.7 Å². The molecule has 2 heteroatoms. The molecule has 0 radical (unpaired) electrons. The Hall–Kier alpha value is -0.0800. The topological polar surface area (TPSA) is 24.1 Å². The van der Waals surface area contributed by atoms with Crippen molar-refractivity contribution in [3.8, 4) is 0 Å². The zero-order valence-electron chi connectivity index (χ0n) is 42.9. The van der Waals surface area contributed by atoms with E-state index < -0.39 is 0 Å². The maximum atomic E-state index is 4.07. The quantitative estimate of drug-likeness (QED) is 0.0596. The van der Waals surface area contributed by atoms with Gasteiger partial charge in [0.05, 0.1) is 0 Å². The summed E-state index contributed by atoms with van der Waals surface area (Å²) in [6, 6.07) is 0.763.